The minimum atomic E-state index is 0.568. The number of benzene rings is 1. The van der Waals surface area contributed by atoms with Crippen LogP contribution in [0.4, 0.5) is 5.69 Å². The summed E-state index contributed by atoms with van der Waals surface area (Å²) in [6.45, 7) is 3.03. The minimum Gasteiger partial charge on any atom is -0.402 e. The zero-order chi connectivity index (χ0) is 19.4. The summed E-state index contributed by atoms with van der Waals surface area (Å²) in [5.74, 6) is 0. The Morgan fingerprint density at radius 2 is 2.04 bits per heavy atom. The smallest absolute Gasteiger partial charge is 0.0777 e. The van der Waals surface area contributed by atoms with Gasteiger partial charge in [-0.05, 0) is 55.9 Å². The molecule has 1 aromatic heterocycles. The Kier molecular flexibility index (Phi) is 5.86. The van der Waals surface area contributed by atoms with Crippen LogP contribution in [0.5, 0.6) is 0 Å². The molecule has 6 heteroatoms. The highest BCUT2D eigenvalue weighted by Crippen LogP contribution is 2.36. The van der Waals surface area contributed by atoms with E-state index < -0.39 is 0 Å². The Morgan fingerprint density at radius 3 is 2.70 bits per heavy atom. The van der Waals surface area contributed by atoms with E-state index >= 15 is 0 Å². The van der Waals surface area contributed by atoms with Crippen LogP contribution in [0, 0.1) is 5.41 Å². The van der Waals surface area contributed by atoms with E-state index in [1.54, 1.807) is 7.11 Å². The second-order valence-corrected chi connectivity index (χ2v) is 6.86. The predicted octanol–water partition coefficient (Wildman–Crippen LogP) is 3.10. The number of hydrogen-bond acceptors (Lipinski definition) is 6. The van der Waals surface area contributed by atoms with Crippen molar-refractivity contribution in [3.63, 3.8) is 0 Å². The molecule has 0 bridgehead atoms. The maximum atomic E-state index is 7.83. The lowest BCUT2D eigenvalue weighted by atomic mass is 9.84. The largest absolute Gasteiger partial charge is 0.402 e. The van der Waals surface area contributed by atoms with E-state index in [4.69, 9.17) is 26.6 Å². The molecule has 27 heavy (non-hydrogen) atoms. The van der Waals surface area contributed by atoms with Crippen molar-refractivity contribution in [1.29, 1.82) is 5.41 Å². The zero-order valence-corrected chi connectivity index (χ0v) is 16.0. The zero-order valence-electron chi connectivity index (χ0n) is 16.0. The Labute approximate surface area is 159 Å². The number of rotatable bonds is 6. The fourth-order valence-electron chi connectivity index (χ4n) is 3.69. The van der Waals surface area contributed by atoms with Crippen LogP contribution in [-0.2, 0) is 17.6 Å². The summed E-state index contributed by atoms with van der Waals surface area (Å²) in [6.07, 6.45) is 7.30. The van der Waals surface area contributed by atoms with Gasteiger partial charge >= 0.3 is 0 Å². The molecule has 0 saturated carbocycles. The van der Waals surface area contributed by atoms with E-state index in [1.165, 1.54) is 17.3 Å². The van der Waals surface area contributed by atoms with Gasteiger partial charge in [0, 0.05) is 47.4 Å². The van der Waals surface area contributed by atoms with Gasteiger partial charge in [-0.3, -0.25) is 4.99 Å². The maximum absolute atomic E-state index is 7.83. The molecule has 0 fully saturated rings. The highest BCUT2D eigenvalue weighted by molar-refractivity contribution is 6.12. The van der Waals surface area contributed by atoms with E-state index in [-0.39, 0.29) is 0 Å². The first-order valence-corrected chi connectivity index (χ1v) is 9.28. The molecule has 5 N–H and O–H groups in total. The summed E-state index contributed by atoms with van der Waals surface area (Å²) in [7, 11) is 1.66. The Morgan fingerprint density at radius 1 is 1.30 bits per heavy atom. The second kappa shape index (κ2) is 8.31. The molecule has 0 aliphatic heterocycles. The molecule has 0 saturated heterocycles. The molecule has 2 aromatic rings. The number of aryl methyl sites for hydroxylation is 1. The average molecular weight is 365 g/mol. The van der Waals surface area contributed by atoms with Gasteiger partial charge in [0.1, 0.15) is 0 Å². The third-order valence-electron chi connectivity index (χ3n) is 5.01. The van der Waals surface area contributed by atoms with E-state index in [0.717, 1.165) is 53.4 Å². The summed E-state index contributed by atoms with van der Waals surface area (Å²) in [5.41, 5.74) is 19.5. The molecular formula is C21H27N5O. The molecule has 1 aliphatic carbocycles. The second-order valence-electron chi connectivity index (χ2n) is 6.86. The number of nitrogen functional groups attached to an aromatic ring is 1. The van der Waals surface area contributed by atoms with Crippen molar-refractivity contribution in [2.24, 2.45) is 10.7 Å². The quantitative estimate of drug-likeness (QED) is 0.415. The number of anilines is 1. The highest BCUT2D eigenvalue weighted by atomic mass is 16.5. The maximum Gasteiger partial charge on any atom is 0.0777 e. The van der Waals surface area contributed by atoms with Crippen molar-refractivity contribution in [2.45, 2.75) is 32.6 Å². The SMILES string of the molecule is COCCN=C/C(=C(/C)N)c1nc2ccc(N)c(C=N)c2c2c1CCCC2. The van der Waals surface area contributed by atoms with E-state index in [0.29, 0.717) is 24.5 Å². The van der Waals surface area contributed by atoms with Crippen molar-refractivity contribution in [3.05, 3.63) is 40.2 Å². The molecule has 142 valence electrons. The van der Waals surface area contributed by atoms with Crippen molar-refractivity contribution >= 4 is 34.6 Å². The van der Waals surface area contributed by atoms with Crippen LogP contribution in [0.25, 0.3) is 16.5 Å². The lowest BCUT2D eigenvalue weighted by Crippen LogP contribution is -2.13. The monoisotopic (exact) mass is 365 g/mol. The van der Waals surface area contributed by atoms with Gasteiger partial charge in [0.25, 0.3) is 0 Å². The number of nitrogens with zero attached hydrogens (tertiary/aromatic N) is 2. The molecule has 1 aliphatic rings. The predicted molar refractivity (Wildman–Crippen MR) is 113 cm³/mol. The van der Waals surface area contributed by atoms with Gasteiger partial charge in [0.15, 0.2) is 0 Å². The molecule has 0 radical (unpaired) electrons. The van der Waals surface area contributed by atoms with Gasteiger partial charge in [0.2, 0.25) is 0 Å². The van der Waals surface area contributed by atoms with Gasteiger partial charge in [-0.25, -0.2) is 4.98 Å². The third kappa shape index (κ3) is 3.71. The number of hydrogen-bond donors (Lipinski definition) is 3. The number of pyridine rings is 1. The minimum absolute atomic E-state index is 0.568. The van der Waals surface area contributed by atoms with E-state index in [1.807, 2.05) is 25.3 Å². The number of ether oxygens (including phenoxy) is 1. The lowest BCUT2D eigenvalue weighted by molar-refractivity contribution is 0.208. The molecule has 1 aromatic carbocycles. The average Bonchev–Trinajstić information content (AvgIpc) is 2.67. The van der Waals surface area contributed by atoms with Crippen molar-refractivity contribution in [2.75, 3.05) is 26.0 Å². The van der Waals surface area contributed by atoms with Gasteiger partial charge in [-0.2, -0.15) is 0 Å². The van der Waals surface area contributed by atoms with Crippen LogP contribution in [-0.4, -0.2) is 37.7 Å². The Balaban J connectivity index is 2.25. The fourth-order valence-corrected chi connectivity index (χ4v) is 3.69. The van der Waals surface area contributed by atoms with Crippen molar-refractivity contribution in [1.82, 2.24) is 4.98 Å². The summed E-state index contributed by atoms with van der Waals surface area (Å²) in [4.78, 5) is 9.39. The number of aromatic nitrogens is 1. The van der Waals surface area contributed by atoms with Crippen LogP contribution >= 0.6 is 0 Å². The van der Waals surface area contributed by atoms with Gasteiger partial charge < -0.3 is 21.6 Å². The van der Waals surface area contributed by atoms with Crippen LogP contribution < -0.4 is 11.5 Å². The van der Waals surface area contributed by atoms with Crippen LogP contribution in [0.2, 0.25) is 0 Å². The number of nitrogens with one attached hydrogen (secondary N) is 1. The first-order chi connectivity index (χ1) is 13.1. The molecule has 6 nitrogen and oxygen atoms in total. The standard InChI is InChI=1S/C21H27N5O/c1-13(23)17(12-25-9-10-27-2)21-15-6-4-3-5-14(15)20-16(11-22)18(24)7-8-19(20)26-21/h7-8,11-12,22H,3-6,9-10,23-24H2,1-2H3/b17-13+,22-11?,25-12?. The normalized spacial score (nSPS) is 15.0. The molecule has 0 amide bonds. The van der Waals surface area contributed by atoms with E-state index in [9.17, 15) is 0 Å². The molecular weight excluding hydrogens is 338 g/mol. The van der Waals surface area contributed by atoms with Gasteiger partial charge in [0.05, 0.1) is 24.4 Å². The summed E-state index contributed by atoms with van der Waals surface area (Å²) in [6, 6.07) is 3.75. The number of nitrogens with two attached hydrogens (primary N) is 2. The summed E-state index contributed by atoms with van der Waals surface area (Å²) < 4.78 is 5.06. The number of fused-ring (bicyclic) bond motifs is 3. The molecule has 0 atom stereocenters. The summed E-state index contributed by atoms with van der Waals surface area (Å²) >= 11 is 0. The molecule has 3 rings (SSSR count). The number of aliphatic imine (C=N–C) groups is 1. The Hall–Kier alpha value is -2.73. The topological polar surface area (TPSA) is 110 Å². The molecule has 1 heterocycles. The fraction of sp³-hybridized carbons (Fsp3) is 0.381. The third-order valence-corrected chi connectivity index (χ3v) is 5.01. The number of methoxy groups -OCH3 is 1. The van der Waals surface area contributed by atoms with Crippen LogP contribution in [0.3, 0.4) is 0 Å². The first kappa shape index (κ1) is 19.0. The van der Waals surface area contributed by atoms with E-state index in [2.05, 4.69) is 4.99 Å². The summed E-state index contributed by atoms with van der Waals surface area (Å²) in [5, 5.41) is 8.83. The lowest BCUT2D eigenvalue weighted by Gasteiger charge is -2.23. The van der Waals surface area contributed by atoms with Gasteiger partial charge in [-0.15, -0.1) is 0 Å². The van der Waals surface area contributed by atoms with Crippen LogP contribution in [0.15, 0.2) is 22.8 Å². The highest BCUT2D eigenvalue weighted by Gasteiger charge is 2.22. The van der Waals surface area contributed by atoms with Crippen LogP contribution in [0.1, 0.15) is 42.1 Å². The van der Waals surface area contributed by atoms with Crippen molar-refractivity contribution in [3.8, 4) is 0 Å². The van der Waals surface area contributed by atoms with Crippen molar-refractivity contribution < 1.29 is 4.74 Å². The van der Waals surface area contributed by atoms with Gasteiger partial charge in [-0.1, -0.05) is 0 Å². The number of allylic oxidation sites excluding steroid dienone is 2. The Bertz CT molecular complexity index is 926. The molecule has 0 spiro atoms. The molecule has 0 unspecified atom stereocenters. The first-order valence-electron chi connectivity index (χ1n) is 9.28.